The summed E-state index contributed by atoms with van der Waals surface area (Å²) in [5.74, 6) is -0.461. The van der Waals surface area contributed by atoms with Crippen molar-refractivity contribution in [2.75, 3.05) is 12.8 Å². The first kappa shape index (κ1) is 16.7. The lowest BCUT2D eigenvalue weighted by Crippen LogP contribution is -2.40. The molecule has 120 valence electrons. The van der Waals surface area contributed by atoms with Gasteiger partial charge in [-0.15, -0.1) is 0 Å². The molecule has 1 fully saturated rings. The van der Waals surface area contributed by atoms with Gasteiger partial charge in [-0.05, 0) is 18.4 Å². The van der Waals surface area contributed by atoms with Crippen LogP contribution in [0.15, 0.2) is 30.3 Å². The van der Waals surface area contributed by atoms with E-state index in [1.54, 1.807) is 0 Å². The lowest BCUT2D eigenvalue weighted by molar-refractivity contribution is -0.129. The highest BCUT2D eigenvalue weighted by molar-refractivity contribution is 7.51. The molecule has 1 unspecified atom stereocenters. The molecule has 1 saturated heterocycles. The molecule has 1 atom stereocenters. The van der Waals surface area contributed by atoms with Crippen molar-refractivity contribution >= 4 is 19.6 Å². The molecule has 0 aliphatic carbocycles. The normalized spacial score (nSPS) is 18.4. The van der Waals surface area contributed by atoms with Crippen molar-refractivity contribution in [2.45, 2.75) is 25.3 Å². The van der Waals surface area contributed by atoms with E-state index in [9.17, 15) is 14.2 Å². The standard InChI is InChI=1S/C14H18NO6P/c16-13(7-4-8-22(18,19)20)15-12(10-21-14(15)17)9-11-5-2-1-3-6-11/h1-3,5-6,12H,4,7-10H2,(H2,18,19,20). The molecule has 1 heterocycles. The average Bonchev–Trinajstić information content (AvgIpc) is 2.79. The molecule has 0 radical (unpaired) electrons. The molecule has 1 aromatic rings. The van der Waals surface area contributed by atoms with E-state index in [0.717, 1.165) is 10.5 Å². The van der Waals surface area contributed by atoms with Crippen LogP contribution < -0.4 is 0 Å². The molecule has 2 amide bonds. The molecule has 1 aliphatic rings. The summed E-state index contributed by atoms with van der Waals surface area (Å²) in [6.07, 6.45) is -0.625. The van der Waals surface area contributed by atoms with Crippen LogP contribution in [0.2, 0.25) is 0 Å². The quantitative estimate of drug-likeness (QED) is 0.768. The van der Waals surface area contributed by atoms with E-state index in [2.05, 4.69) is 0 Å². The number of carbonyl (C=O) groups excluding carboxylic acids is 2. The van der Waals surface area contributed by atoms with Crippen LogP contribution in [-0.2, 0) is 20.5 Å². The maximum Gasteiger partial charge on any atom is 0.416 e. The molecule has 22 heavy (non-hydrogen) atoms. The average molecular weight is 327 g/mol. The summed E-state index contributed by atoms with van der Waals surface area (Å²) in [5.41, 5.74) is 0.985. The van der Waals surface area contributed by atoms with Crippen LogP contribution in [0.5, 0.6) is 0 Å². The summed E-state index contributed by atoms with van der Waals surface area (Å²) < 4.78 is 15.7. The zero-order valence-electron chi connectivity index (χ0n) is 11.9. The topological polar surface area (TPSA) is 104 Å². The zero-order chi connectivity index (χ0) is 16.2. The minimum Gasteiger partial charge on any atom is -0.447 e. The fourth-order valence-corrected chi connectivity index (χ4v) is 2.93. The number of ether oxygens (including phenoxy) is 1. The predicted octanol–water partition coefficient (Wildman–Crippen LogP) is 1.53. The summed E-state index contributed by atoms with van der Waals surface area (Å²) in [4.78, 5) is 42.5. The van der Waals surface area contributed by atoms with Gasteiger partial charge in [0, 0.05) is 6.42 Å². The van der Waals surface area contributed by atoms with E-state index in [-0.39, 0.29) is 31.7 Å². The van der Waals surface area contributed by atoms with Crippen LogP contribution in [-0.4, -0.2) is 45.5 Å². The first-order chi connectivity index (χ1) is 10.4. The smallest absolute Gasteiger partial charge is 0.416 e. The Bertz CT molecular complexity index is 584. The van der Waals surface area contributed by atoms with Crippen LogP contribution in [0.3, 0.4) is 0 Å². The SMILES string of the molecule is O=C(CCCP(=O)(O)O)N1C(=O)OCC1Cc1ccccc1. The van der Waals surface area contributed by atoms with Crippen molar-refractivity contribution in [3.63, 3.8) is 0 Å². The van der Waals surface area contributed by atoms with Gasteiger partial charge >= 0.3 is 13.7 Å². The highest BCUT2D eigenvalue weighted by Crippen LogP contribution is 2.35. The van der Waals surface area contributed by atoms with Crippen LogP contribution in [0.25, 0.3) is 0 Å². The summed E-state index contributed by atoms with van der Waals surface area (Å²) >= 11 is 0. The van der Waals surface area contributed by atoms with Gasteiger partial charge in [0.1, 0.15) is 6.61 Å². The first-order valence-electron chi connectivity index (χ1n) is 6.94. The van der Waals surface area contributed by atoms with Crippen LogP contribution in [0, 0.1) is 0 Å². The lowest BCUT2D eigenvalue weighted by Gasteiger charge is -2.19. The summed E-state index contributed by atoms with van der Waals surface area (Å²) in [7, 11) is -4.13. The Morgan fingerprint density at radius 1 is 1.32 bits per heavy atom. The highest BCUT2D eigenvalue weighted by atomic mass is 31.2. The molecule has 8 heteroatoms. The minimum absolute atomic E-state index is 0.0327. The van der Waals surface area contributed by atoms with E-state index in [1.807, 2.05) is 30.3 Å². The monoisotopic (exact) mass is 327 g/mol. The molecule has 2 N–H and O–H groups in total. The maximum atomic E-state index is 12.1. The molecule has 0 bridgehead atoms. The number of nitrogens with zero attached hydrogens (tertiary/aromatic N) is 1. The van der Waals surface area contributed by atoms with Gasteiger partial charge < -0.3 is 14.5 Å². The second-order valence-corrected chi connectivity index (χ2v) is 6.95. The van der Waals surface area contributed by atoms with Gasteiger partial charge in [-0.1, -0.05) is 30.3 Å². The molecular formula is C14H18NO6P. The lowest BCUT2D eigenvalue weighted by atomic mass is 10.1. The Labute approximate surface area is 128 Å². The van der Waals surface area contributed by atoms with Crippen LogP contribution in [0.1, 0.15) is 18.4 Å². The van der Waals surface area contributed by atoms with Gasteiger partial charge in [-0.3, -0.25) is 9.36 Å². The first-order valence-corrected chi connectivity index (χ1v) is 8.74. The molecule has 0 saturated carbocycles. The van der Waals surface area contributed by atoms with Gasteiger partial charge in [0.2, 0.25) is 5.91 Å². The second kappa shape index (κ2) is 7.05. The Hall–Kier alpha value is -1.69. The van der Waals surface area contributed by atoms with Crippen LogP contribution in [0.4, 0.5) is 4.79 Å². The number of rotatable bonds is 6. The van der Waals surface area contributed by atoms with Gasteiger partial charge in [-0.25, -0.2) is 9.69 Å². The maximum absolute atomic E-state index is 12.1. The fourth-order valence-electron chi connectivity index (χ4n) is 2.36. The van der Waals surface area contributed by atoms with Crippen LogP contribution >= 0.6 is 7.60 Å². The number of hydrogen-bond acceptors (Lipinski definition) is 4. The van der Waals surface area contributed by atoms with Crippen molar-refractivity contribution in [3.05, 3.63) is 35.9 Å². The zero-order valence-corrected chi connectivity index (χ0v) is 12.8. The van der Waals surface area contributed by atoms with E-state index in [4.69, 9.17) is 14.5 Å². The molecule has 2 rings (SSSR count). The molecule has 1 aliphatic heterocycles. The number of benzene rings is 1. The van der Waals surface area contributed by atoms with E-state index in [0.29, 0.717) is 6.42 Å². The number of imide groups is 1. The molecule has 0 spiro atoms. The third kappa shape index (κ3) is 4.66. The van der Waals surface area contributed by atoms with E-state index in [1.165, 1.54) is 0 Å². The van der Waals surface area contributed by atoms with Crippen molar-refractivity contribution in [3.8, 4) is 0 Å². The van der Waals surface area contributed by atoms with Gasteiger partial charge in [0.25, 0.3) is 0 Å². The molecule has 1 aromatic carbocycles. The van der Waals surface area contributed by atoms with Gasteiger partial charge in [-0.2, -0.15) is 0 Å². The number of carbonyl (C=O) groups is 2. The summed E-state index contributed by atoms with van der Waals surface area (Å²) in [5, 5.41) is 0. The van der Waals surface area contributed by atoms with E-state index < -0.39 is 19.6 Å². The third-order valence-corrected chi connectivity index (χ3v) is 4.28. The largest absolute Gasteiger partial charge is 0.447 e. The molecule has 0 aromatic heterocycles. The van der Waals surface area contributed by atoms with Crippen molar-refractivity contribution in [1.82, 2.24) is 4.90 Å². The number of cyclic esters (lactones) is 1. The van der Waals surface area contributed by atoms with E-state index >= 15 is 0 Å². The fraction of sp³-hybridized carbons (Fsp3) is 0.429. The third-order valence-electron chi connectivity index (χ3n) is 3.38. The summed E-state index contributed by atoms with van der Waals surface area (Å²) in [6, 6.07) is 9.05. The van der Waals surface area contributed by atoms with Crippen molar-refractivity contribution in [2.24, 2.45) is 0 Å². The predicted molar refractivity (Wildman–Crippen MR) is 78.3 cm³/mol. The minimum atomic E-state index is -4.13. The number of amides is 2. The highest BCUT2D eigenvalue weighted by Gasteiger charge is 2.37. The molecule has 7 nitrogen and oxygen atoms in total. The number of hydrogen-bond donors (Lipinski definition) is 2. The van der Waals surface area contributed by atoms with Crippen molar-refractivity contribution < 1.29 is 28.7 Å². The Morgan fingerprint density at radius 2 is 2.00 bits per heavy atom. The summed E-state index contributed by atoms with van der Waals surface area (Å²) in [6.45, 7) is 0.137. The second-order valence-electron chi connectivity index (χ2n) is 5.18. The molecular weight excluding hydrogens is 309 g/mol. The Kier molecular flexibility index (Phi) is 5.34. The van der Waals surface area contributed by atoms with Crippen molar-refractivity contribution in [1.29, 1.82) is 0 Å². The Balaban J connectivity index is 1.95. The Morgan fingerprint density at radius 3 is 2.64 bits per heavy atom. The van der Waals surface area contributed by atoms with Gasteiger partial charge in [0.15, 0.2) is 0 Å². The van der Waals surface area contributed by atoms with Gasteiger partial charge in [0.05, 0.1) is 12.2 Å².